The van der Waals surface area contributed by atoms with E-state index in [-0.39, 0.29) is 11.3 Å². The third-order valence-corrected chi connectivity index (χ3v) is 6.45. The van der Waals surface area contributed by atoms with E-state index >= 15 is 0 Å². The lowest BCUT2D eigenvalue weighted by atomic mass is 9.80. The van der Waals surface area contributed by atoms with E-state index in [1.807, 2.05) is 48.5 Å². The third kappa shape index (κ3) is 3.11. The summed E-state index contributed by atoms with van der Waals surface area (Å²) in [6, 6.07) is 23.5. The van der Waals surface area contributed by atoms with Gasteiger partial charge in [0.1, 0.15) is 0 Å². The molecular weight excluding hydrogens is 438 g/mol. The number of nitrogens with one attached hydrogen (secondary N) is 1. The molecule has 2 aromatic heterocycles. The summed E-state index contributed by atoms with van der Waals surface area (Å²) in [6.45, 7) is 0. The van der Waals surface area contributed by atoms with Crippen molar-refractivity contribution < 1.29 is 9.59 Å². The van der Waals surface area contributed by atoms with Crippen LogP contribution in [-0.2, 0) is 7.05 Å². The van der Waals surface area contributed by atoms with E-state index in [4.69, 9.17) is 0 Å². The first-order chi connectivity index (χ1) is 17.1. The van der Waals surface area contributed by atoms with Crippen molar-refractivity contribution in [1.29, 1.82) is 0 Å². The summed E-state index contributed by atoms with van der Waals surface area (Å²) in [4.78, 5) is 45.1. The smallest absolute Gasteiger partial charge is 0.262 e. The van der Waals surface area contributed by atoms with Crippen molar-refractivity contribution in [3.63, 3.8) is 0 Å². The Morgan fingerprint density at radius 1 is 0.800 bits per heavy atom. The molecule has 0 saturated heterocycles. The van der Waals surface area contributed by atoms with Gasteiger partial charge in [0.15, 0.2) is 11.6 Å². The van der Waals surface area contributed by atoms with Crippen molar-refractivity contribution in [3.8, 4) is 11.1 Å². The normalized spacial score (nSPS) is 11.9. The van der Waals surface area contributed by atoms with Crippen LogP contribution in [0, 0.1) is 0 Å². The predicted octanol–water partition coefficient (Wildman–Crippen LogP) is 5.12. The molecule has 1 N–H and O–H groups in total. The van der Waals surface area contributed by atoms with Gasteiger partial charge in [0, 0.05) is 47.2 Å². The minimum Gasteiger partial charge on any atom is -0.355 e. The number of anilines is 2. The van der Waals surface area contributed by atoms with Crippen LogP contribution in [0.3, 0.4) is 0 Å². The Hall–Kier alpha value is -4.84. The van der Waals surface area contributed by atoms with Crippen LogP contribution >= 0.6 is 0 Å². The lowest BCUT2D eigenvalue weighted by Crippen LogP contribution is -2.29. The topological polar surface area (TPSA) is 81.1 Å². The molecule has 0 aliphatic heterocycles. The largest absolute Gasteiger partial charge is 0.355 e. The summed E-state index contributed by atoms with van der Waals surface area (Å²) in [5, 5.41) is 3.94. The summed E-state index contributed by atoms with van der Waals surface area (Å²) in [6.07, 6.45) is 3.05. The number of ketones is 2. The van der Waals surface area contributed by atoms with Crippen LogP contribution in [0.4, 0.5) is 11.4 Å². The molecule has 6 rings (SSSR count). The van der Waals surface area contributed by atoms with Gasteiger partial charge in [-0.05, 0) is 42.0 Å². The first-order valence-electron chi connectivity index (χ1n) is 11.2. The van der Waals surface area contributed by atoms with Crippen molar-refractivity contribution in [3.05, 3.63) is 124 Å². The van der Waals surface area contributed by atoms with Crippen LogP contribution in [0.25, 0.3) is 22.0 Å². The van der Waals surface area contributed by atoms with Crippen molar-refractivity contribution in [1.82, 2.24) is 9.55 Å². The standard InChI is InChI=1S/C29H19N3O3/c1-32-22-12-11-21(31-18-7-3-2-4-8-18)24-25(22)23(19-9-5-6-10-20(19)28(24)34)26(29(32)35)27(33)17-13-15-30-16-14-17/h2-16,31H,1H3. The second-order valence-corrected chi connectivity index (χ2v) is 8.43. The third-order valence-electron chi connectivity index (χ3n) is 6.45. The van der Waals surface area contributed by atoms with Gasteiger partial charge >= 0.3 is 0 Å². The van der Waals surface area contributed by atoms with E-state index in [1.54, 1.807) is 37.4 Å². The van der Waals surface area contributed by atoms with Crippen molar-refractivity contribution in [2.45, 2.75) is 0 Å². The van der Waals surface area contributed by atoms with E-state index in [0.29, 0.717) is 44.4 Å². The number of hydrogen-bond donors (Lipinski definition) is 1. The van der Waals surface area contributed by atoms with Gasteiger partial charge in [-0.1, -0.05) is 42.5 Å². The first kappa shape index (κ1) is 20.7. The second kappa shape index (κ2) is 7.88. The SMILES string of the molecule is Cn1c(=O)c(C(=O)c2ccncc2)c2c3c(c(Nc4ccccc4)ccc31)C(=O)c1ccccc1-2. The molecule has 1 aliphatic rings. The average molecular weight is 457 g/mol. The number of carbonyl (C=O) groups is 2. The maximum absolute atomic E-state index is 13.8. The molecule has 35 heavy (non-hydrogen) atoms. The molecule has 1 aliphatic carbocycles. The van der Waals surface area contributed by atoms with Gasteiger partial charge in [0.25, 0.3) is 5.56 Å². The number of hydrogen-bond acceptors (Lipinski definition) is 5. The molecule has 6 heteroatoms. The molecule has 168 valence electrons. The zero-order chi connectivity index (χ0) is 24.1. The highest BCUT2D eigenvalue weighted by Crippen LogP contribution is 2.43. The fourth-order valence-electron chi connectivity index (χ4n) is 4.81. The van der Waals surface area contributed by atoms with Crippen molar-refractivity contribution >= 4 is 33.8 Å². The summed E-state index contributed by atoms with van der Waals surface area (Å²) in [5.74, 6) is -0.556. The Balaban J connectivity index is 1.75. The van der Waals surface area contributed by atoms with Crippen molar-refractivity contribution in [2.24, 2.45) is 7.05 Å². The number of fused-ring (bicyclic) bond motifs is 2. The fraction of sp³-hybridized carbons (Fsp3) is 0.0345. The number of aromatic nitrogens is 2. The number of pyridine rings is 2. The summed E-state index contributed by atoms with van der Waals surface area (Å²) < 4.78 is 1.45. The summed E-state index contributed by atoms with van der Waals surface area (Å²) in [5.41, 5.74) is 4.01. The molecule has 0 amide bonds. The molecule has 0 unspecified atom stereocenters. The molecule has 2 heterocycles. The van der Waals surface area contributed by atoms with Crippen LogP contribution in [0.1, 0.15) is 31.8 Å². The highest BCUT2D eigenvalue weighted by molar-refractivity contribution is 6.31. The second-order valence-electron chi connectivity index (χ2n) is 8.43. The maximum Gasteiger partial charge on any atom is 0.262 e. The van der Waals surface area contributed by atoms with E-state index in [2.05, 4.69) is 10.3 Å². The lowest BCUT2D eigenvalue weighted by molar-refractivity contribution is 0.102. The van der Waals surface area contributed by atoms with E-state index < -0.39 is 11.3 Å². The number of para-hydroxylation sites is 1. The average Bonchev–Trinajstić information content (AvgIpc) is 2.90. The highest BCUT2D eigenvalue weighted by Gasteiger charge is 2.33. The lowest BCUT2D eigenvalue weighted by Gasteiger charge is -2.25. The number of carbonyl (C=O) groups excluding carboxylic acids is 2. The van der Waals surface area contributed by atoms with Gasteiger partial charge in [0.2, 0.25) is 0 Å². The van der Waals surface area contributed by atoms with Gasteiger partial charge in [-0.2, -0.15) is 0 Å². The molecule has 0 bridgehead atoms. The van der Waals surface area contributed by atoms with Crippen molar-refractivity contribution in [2.75, 3.05) is 5.32 Å². The molecule has 0 radical (unpaired) electrons. The highest BCUT2D eigenvalue weighted by atomic mass is 16.1. The zero-order valence-corrected chi connectivity index (χ0v) is 18.8. The molecule has 6 nitrogen and oxygen atoms in total. The Labute approximate surface area is 200 Å². The quantitative estimate of drug-likeness (QED) is 0.372. The minimum atomic E-state index is -0.409. The van der Waals surface area contributed by atoms with Crippen LogP contribution in [-0.4, -0.2) is 21.1 Å². The summed E-state index contributed by atoms with van der Waals surface area (Å²) >= 11 is 0. The molecule has 0 saturated carbocycles. The Morgan fingerprint density at radius 3 is 2.23 bits per heavy atom. The number of benzene rings is 3. The first-order valence-corrected chi connectivity index (χ1v) is 11.2. The summed E-state index contributed by atoms with van der Waals surface area (Å²) in [7, 11) is 1.63. The maximum atomic E-state index is 13.8. The Bertz CT molecular complexity index is 1720. The molecular formula is C29H19N3O3. The number of nitrogens with zero attached hydrogens (tertiary/aromatic N) is 2. The molecule has 0 fully saturated rings. The number of rotatable bonds is 4. The zero-order valence-electron chi connectivity index (χ0n) is 18.8. The Morgan fingerprint density at radius 2 is 1.49 bits per heavy atom. The van der Waals surface area contributed by atoms with E-state index in [0.717, 1.165) is 5.69 Å². The van der Waals surface area contributed by atoms with Gasteiger partial charge in [-0.25, -0.2) is 0 Å². The Kier molecular flexibility index (Phi) is 4.67. The van der Waals surface area contributed by atoms with Gasteiger partial charge < -0.3 is 9.88 Å². The van der Waals surface area contributed by atoms with E-state index in [1.165, 1.54) is 17.0 Å². The van der Waals surface area contributed by atoms with Crippen LogP contribution in [0.5, 0.6) is 0 Å². The van der Waals surface area contributed by atoms with Crippen LogP contribution < -0.4 is 10.9 Å². The van der Waals surface area contributed by atoms with Gasteiger partial charge in [-0.15, -0.1) is 0 Å². The molecule has 5 aromatic rings. The molecule has 0 atom stereocenters. The minimum absolute atomic E-state index is 0.0456. The van der Waals surface area contributed by atoms with E-state index in [9.17, 15) is 14.4 Å². The fourth-order valence-corrected chi connectivity index (χ4v) is 4.81. The molecule has 0 spiro atoms. The molecule has 3 aromatic carbocycles. The monoisotopic (exact) mass is 457 g/mol. The van der Waals surface area contributed by atoms with Gasteiger partial charge in [-0.3, -0.25) is 19.4 Å². The van der Waals surface area contributed by atoms with Crippen LogP contribution in [0.2, 0.25) is 0 Å². The van der Waals surface area contributed by atoms with Crippen LogP contribution in [0.15, 0.2) is 96.1 Å². The predicted molar refractivity (Wildman–Crippen MR) is 135 cm³/mol. The van der Waals surface area contributed by atoms with Gasteiger partial charge in [0.05, 0.1) is 22.3 Å². The number of aryl methyl sites for hydroxylation is 1.